The molecule has 1 aromatic carbocycles. The lowest BCUT2D eigenvalue weighted by molar-refractivity contribution is 0.651. The first-order valence-electron chi connectivity index (χ1n) is 4.72. The van der Waals surface area contributed by atoms with Gasteiger partial charge in [-0.2, -0.15) is 4.40 Å². The molecule has 0 saturated carbocycles. The second-order valence-electron chi connectivity index (χ2n) is 4.24. The maximum atomic E-state index is 11.7. The van der Waals surface area contributed by atoms with Crippen LogP contribution in [0.2, 0.25) is 10.0 Å². The maximum Gasteiger partial charge on any atom is 0.144 e. The minimum absolute atomic E-state index is 0.373. The van der Waals surface area contributed by atoms with Gasteiger partial charge in [-0.25, -0.2) is 4.21 Å². The summed E-state index contributed by atoms with van der Waals surface area (Å²) in [4.78, 5) is 0. The number of hydrogen-bond acceptors (Lipinski definition) is 1. The lowest BCUT2D eigenvalue weighted by Gasteiger charge is -2.12. The molecule has 0 N–H and O–H groups in total. The molecule has 0 spiro atoms. The van der Waals surface area contributed by atoms with Gasteiger partial charge < -0.3 is 0 Å². The van der Waals surface area contributed by atoms with Crippen molar-refractivity contribution >= 4 is 40.4 Å². The fourth-order valence-electron chi connectivity index (χ4n) is 0.883. The molecule has 88 valence electrons. The van der Waals surface area contributed by atoms with Crippen LogP contribution in [0.25, 0.3) is 0 Å². The molecule has 0 saturated heterocycles. The van der Waals surface area contributed by atoms with Crippen molar-refractivity contribution in [3.63, 3.8) is 0 Å². The van der Waals surface area contributed by atoms with Crippen LogP contribution in [0.15, 0.2) is 22.6 Å². The molecule has 0 amide bonds. The average molecular weight is 278 g/mol. The van der Waals surface area contributed by atoms with Crippen molar-refractivity contribution in [1.82, 2.24) is 0 Å². The monoisotopic (exact) mass is 277 g/mol. The summed E-state index contributed by atoms with van der Waals surface area (Å²) in [5.41, 5.74) is 0.673. The van der Waals surface area contributed by atoms with Crippen LogP contribution in [0, 0.1) is 0 Å². The molecule has 1 rings (SSSR count). The Kier molecular flexibility index (Phi) is 4.53. The second kappa shape index (κ2) is 5.30. The van der Waals surface area contributed by atoms with E-state index in [9.17, 15) is 4.21 Å². The number of rotatable bonds is 2. The van der Waals surface area contributed by atoms with Gasteiger partial charge in [-0.1, -0.05) is 35.3 Å². The summed E-state index contributed by atoms with van der Waals surface area (Å²) in [7, 11) is -1.28. The first-order chi connectivity index (χ1) is 7.32. The van der Waals surface area contributed by atoms with Crippen LogP contribution in [0.3, 0.4) is 0 Å². The molecule has 0 unspecified atom stereocenters. The first kappa shape index (κ1) is 13.7. The van der Waals surface area contributed by atoms with E-state index in [1.165, 1.54) is 6.21 Å². The number of halogens is 2. The van der Waals surface area contributed by atoms with Gasteiger partial charge in [-0.3, -0.25) is 0 Å². The highest BCUT2D eigenvalue weighted by molar-refractivity contribution is 7.85. The van der Waals surface area contributed by atoms with Gasteiger partial charge >= 0.3 is 0 Å². The van der Waals surface area contributed by atoms with E-state index >= 15 is 0 Å². The van der Waals surface area contributed by atoms with Crippen molar-refractivity contribution in [2.24, 2.45) is 4.40 Å². The summed E-state index contributed by atoms with van der Waals surface area (Å²) < 4.78 is 15.3. The van der Waals surface area contributed by atoms with E-state index in [1.807, 2.05) is 20.8 Å². The molecule has 16 heavy (non-hydrogen) atoms. The summed E-state index contributed by atoms with van der Waals surface area (Å²) >= 11 is 11.8. The molecule has 0 aliphatic rings. The van der Waals surface area contributed by atoms with Crippen LogP contribution in [0.4, 0.5) is 0 Å². The SMILES string of the molecule is CC(C)(C)[S@@](=O)/N=C/c1cccc(Cl)c1Cl. The van der Waals surface area contributed by atoms with E-state index in [2.05, 4.69) is 4.40 Å². The molecule has 0 fully saturated rings. The molecular weight excluding hydrogens is 265 g/mol. The topological polar surface area (TPSA) is 29.4 Å². The Morgan fingerprint density at radius 2 is 1.94 bits per heavy atom. The smallest absolute Gasteiger partial charge is 0.144 e. The van der Waals surface area contributed by atoms with Gasteiger partial charge in [0.2, 0.25) is 0 Å². The summed E-state index contributed by atoms with van der Waals surface area (Å²) in [6.07, 6.45) is 1.50. The van der Waals surface area contributed by atoms with Crippen molar-refractivity contribution in [3.05, 3.63) is 33.8 Å². The molecule has 0 aliphatic heterocycles. The van der Waals surface area contributed by atoms with Crippen molar-refractivity contribution in [3.8, 4) is 0 Å². The lowest BCUT2D eigenvalue weighted by Crippen LogP contribution is -2.19. The minimum atomic E-state index is -1.28. The summed E-state index contributed by atoms with van der Waals surface area (Å²) in [5.74, 6) is 0. The molecule has 5 heteroatoms. The maximum absolute atomic E-state index is 11.7. The highest BCUT2D eigenvalue weighted by Gasteiger charge is 2.18. The van der Waals surface area contributed by atoms with Crippen LogP contribution in [-0.4, -0.2) is 15.2 Å². The van der Waals surface area contributed by atoms with Crippen LogP contribution in [0.1, 0.15) is 26.3 Å². The van der Waals surface area contributed by atoms with Crippen LogP contribution in [-0.2, 0) is 11.0 Å². The Hall–Kier alpha value is -0.380. The highest BCUT2D eigenvalue weighted by Crippen LogP contribution is 2.24. The van der Waals surface area contributed by atoms with Crippen LogP contribution >= 0.6 is 23.2 Å². The van der Waals surface area contributed by atoms with Crippen molar-refractivity contribution < 1.29 is 4.21 Å². The zero-order valence-electron chi connectivity index (χ0n) is 9.33. The third kappa shape index (κ3) is 3.58. The quantitative estimate of drug-likeness (QED) is 0.755. The van der Waals surface area contributed by atoms with Crippen LogP contribution in [0.5, 0.6) is 0 Å². The van der Waals surface area contributed by atoms with E-state index in [1.54, 1.807) is 18.2 Å². The molecule has 1 aromatic rings. The largest absolute Gasteiger partial charge is 0.234 e. The van der Waals surface area contributed by atoms with Gasteiger partial charge in [-0.05, 0) is 26.8 Å². The van der Waals surface area contributed by atoms with Gasteiger partial charge in [0.05, 0.1) is 14.8 Å². The Morgan fingerprint density at radius 1 is 1.31 bits per heavy atom. The van der Waals surface area contributed by atoms with E-state index in [4.69, 9.17) is 23.2 Å². The summed E-state index contributed by atoms with van der Waals surface area (Å²) in [5, 5.41) is 0.894. The highest BCUT2D eigenvalue weighted by atomic mass is 35.5. The van der Waals surface area contributed by atoms with Gasteiger partial charge in [0, 0.05) is 11.8 Å². The predicted molar refractivity (Wildman–Crippen MR) is 72.0 cm³/mol. The fourth-order valence-corrected chi connectivity index (χ4v) is 1.77. The number of hydrogen-bond donors (Lipinski definition) is 0. The first-order valence-corrected chi connectivity index (χ1v) is 6.58. The summed E-state index contributed by atoms with van der Waals surface area (Å²) in [6, 6.07) is 5.25. The molecule has 0 aromatic heterocycles. The Morgan fingerprint density at radius 3 is 2.50 bits per heavy atom. The van der Waals surface area contributed by atoms with E-state index in [0.29, 0.717) is 15.6 Å². The van der Waals surface area contributed by atoms with E-state index in [-0.39, 0.29) is 4.75 Å². The number of benzene rings is 1. The normalized spacial score (nSPS) is 14.3. The molecule has 0 radical (unpaired) electrons. The minimum Gasteiger partial charge on any atom is -0.234 e. The summed E-state index contributed by atoms with van der Waals surface area (Å²) in [6.45, 7) is 5.58. The standard InChI is InChI=1S/C11H13Cl2NOS/c1-11(2,3)16(15)14-7-8-5-4-6-9(12)10(8)13/h4-7H,1-3H3/b14-7+/t16-/m1/s1. The van der Waals surface area contributed by atoms with E-state index in [0.717, 1.165) is 0 Å². The van der Waals surface area contributed by atoms with Crippen molar-refractivity contribution in [2.75, 3.05) is 0 Å². The third-order valence-electron chi connectivity index (χ3n) is 1.79. The lowest BCUT2D eigenvalue weighted by atomic mass is 10.2. The predicted octanol–water partition coefficient (Wildman–Crippen LogP) is 3.87. The molecular formula is C11H13Cl2NOS. The molecule has 0 heterocycles. The second-order valence-corrected chi connectivity index (χ2v) is 6.96. The molecule has 1 atom stereocenters. The Labute approximate surface area is 108 Å². The molecule has 0 bridgehead atoms. The fraction of sp³-hybridized carbons (Fsp3) is 0.364. The van der Waals surface area contributed by atoms with Gasteiger partial charge in [0.25, 0.3) is 0 Å². The van der Waals surface area contributed by atoms with Crippen molar-refractivity contribution in [2.45, 2.75) is 25.5 Å². The average Bonchev–Trinajstić information content (AvgIpc) is 2.18. The third-order valence-corrected chi connectivity index (χ3v) is 3.97. The number of nitrogens with zero attached hydrogens (tertiary/aromatic N) is 1. The zero-order valence-corrected chi connectivity index (χ0v) is 11.7. The zero-order chi connectivity index (χ0) is 12.3. The molecule has 2 nitrogen and oxygen atoms in total. The van der Waals surface area contributed by atoms with Crippen molar-refractivity contribution in [1.29, 1.82) is 0 Å². The Balaban J connectivity index is 2.94. The van der Waals surface area contributed by atoms with E-state index < -0.39 is 11.0 Å². The van der Waals surface area contributed by atoms with Gasteiger partial charge in [0.1, 0.15) is 11.0 Å². The van der Waals surface area contributed by atoms with Gasteiger partial charge in [0.15, 0.2) is 0 Å². The Bertz CT molecular complexity index is 438. The molecule has 0 aliphatic carbocycles. The van der Waals surface area contributed by atoms with Crippen LogP contribution < -0.4 is 0 Å². The van der Waals surface area contributed by atoms with Gasteiger partial charge in [-0.15, -0.1) is 0 Å².